The minimum Gasteiger partial charge on any atom is -0.343 e. The van der Waals surface area contributed by atoms with Crippen molar-refractivity contribution in [2.24, 2.45) is 5.73 Å². The topological polar surface area (TPSA) is 64.2 Å². The van der Waals surface area contributed by atoms with Gasteiger partial charge in [-0.25, -0.2) is 4.68 Å². The number of para-hydroxylation sites is 1. The first kappa shape index (κ1) is 15.3. The summed E-state index contributed by atoms with van der Waals surface area (Å²) in [6, 6.07) is 9.87. The summed E-state index contributed by atoms with van der Waals surface area (Å²) in [4.78, 5) is 13.4. The average Bonchev–Trinajstić information content (AvgIpc) is 2.96. The Morgan fingerprint density at radius 1 is 1.33 bits per heavy atom. The average molecular weight is 286 g/mol. The summed E-state index contributed by atoms with van der Waals surface area (Å²) in [7, 11) is 3.44. The van der Waals surface area contributed by atoms with Crippen LogP contribution >= 0.6 is 0 Å². The van der Waals surface area contributed by atoms with Crippen molar-refractivity contribution in [3.63, 3.8) is 0 Å². The SMILES string of the molecule is CCC(N)Cc1ccccc1-n1ccc(C(=O)N(C)C)n1. The molecule has 1 amide bonds. The first-order valence-electron chi connectivity index (χ1n) is 7.14. The van der Waals surface area contributed by atoms with E-state index < -0.39 is 0 Å². The van der Waals surface area contributed by atoms with Gasteiger partial charge in [-0.3, -0.25) is 4.79 Å². The van der Waals surface area contributed by atoms with E-state index in [-0.39, 0.29) is 11.9 Å². The molecule has 0 radical (unpaired) electrons. The molecule has 2 aromatic rings. The van der Waals surface area contributed by atoms with E-state index in [1.165, 1.54) is 4.90 Å². The molecule has 2 N–H and O–H groups in total. The van der Waals surface area contributed by atoms with Gasteiger partial charge in [-0.2, -0.15) is 5.10 Å². The van der Waals surface area contributed by atoms with Crippen LogP contribution in [0.4, 0.5) is 0 Å². The van der Waals surface area contributed by atoms with Crippen LogP contribution in [0.25, 0.3) is 5.69 Å². The summed E-state index contributed by atoms with van der Waals surface area (Å²) in [6.45, 7) is 2.08. The predicted octanol–water partition coefficient (Wildman–Crippen LogP) is 1.85. The van der Waals surface area contributed by atoms with Crippen molar-refractivity contribution in [2.45, 2.75) is 25.8 Å². The highest BCUT2D eigenvalue weighted by Crippen LogP contribution is 2.16. The molecule has 21 heavy (non-hydrogen) atoms. The maximum Gasteiger partial charge on any atom is 0.273 e. The number of carbonyl (C=O) groups excluding carboxylic acids is 1. The van der Waals surface area contributed by atoms with Crippen molar-refractivity contribution in [3.05, 3.63) is 47.8 Å². The third kappa shape index (κ3) is 3.49. The number of nitrogens with zero attached hydrogens (tertiary/aromatic N) is 3. The third-order valence-corrected chi connectivity index (χ3v) is 3.46. The van der Waals surface area contributed by atoms with E-state index in [0.717, 1.165) is 24.1 Å². The van der Waals surface area contributed by atoms with Gasteiger partial charge in [0.05, 0.1) is 5.69 Å². The van der Waals surface area contributed by atoms with Crippen molar-refractivity contribution in [1.82, 2.24) is 14.7 Å². The molecule has 0 aliphatic rings. The number of aromatic nitrogens is 2. The van der Waals surface area contributed by atoms with E-state index in [9.17, 15) is 4.79 Å². The molecule has 2 rings (SSSR count). The molecule has 0 saturated carbocycles. The molecule has 0 aliphatic heterocycles. The standard InChI is InChI=1S/C16H22N4O/c1-4-13(17)11-12-7-5-6-8-15(12)20-10-9-14(18-20)16(21)19(2)3/h5-10,13H,4,11,17H2,1-3H3. The number of benzene rings is 1. The monoisotopic (exact) mass is 286 g/mol. The molecule has 112 valence electrons. The molecule has 0 bridgehead atoms. The number of hydrogen-bond donors (Lipinski definition) is 1. The highest BCUT2D eigenvalue weighted by atomic mass is 16.2. The lowest BCUT2D eigenvalue weighted by Crippen LogP contribution is -2.23. The molecule has 5 heteroatoms. The van der Waals surface area contributed by atoms with E-state index in [0.29, 0.717) is 5.69 Å². The lowest BCUT2D eigenvalue weighted by Gasteiger charge is -2.13. The van der Waals surface area contributed by atoms with Crippen LogP contribution in [0.2, 0.25) is 0 Å². The molecular formula is C16H22N4O. The second kappa shape index (κ2) is 6.54. The molecule has 1 aromatic heterocycles. The summed E-state index contributed by atoms with van der Waals surface area (Å²) >= 11 is 0. The number of nitrogens with two attached hydrogens (primary N) is 1. The predicted molar refractivity (Wildman–Crippen MR) is 83.6 cm³/mol. The zero-order valence-electron chi connectivity index (χ0n) is 12.8. The van der Waals surface area contributed by atoms with Crippen LogP contribution < -0.4 is 5.73 Å². The van der Waals surface area contributed by atoms with Gasteiger partial charge in [0, 0.05) is 26.3 Å². The van der Waals surface area contributed by atoms with Crippen LogP contribution in [0, 0.1) is 0 Å². The van der Waals surface area contributed by atoms with E-state index in [4.69, 9.17) is 5.73 Å². The minimum atomic E-state index is -0.100. The number of amides is 1. The normalized spacial score (nSPS) is 12.2. The molecule has 0 saturated heterocycles. The molecule has 1 heterocycles. The molecule has 5 nitrogen and oxygen atoms in total. The zero-order valence-corrected chi connectivity index (χ0v) is 12.8. The van der Waals surface area contributed by atoms with Gasteiger partial charge in [-0.15, -0.1) is 0 Å². The Kier molecular flexibility index (Phi) is 4.75. The third-order valence-electron chi connectivity index (χ3n) is 3.46. The molecule has 1 aromatic carbocycles. The lowest BCUT2D eigenvalue weighted by molar-refractivity contribution is 0.0821. The van der Waals surface area contributed by atoms with Gasteiger partial charge in [0.2, 0.25) is 0 Å². The van der Waals surface area contributed by atoms with Gasteiger partial charge >= 0.3 is 0 Å². The molecular weight excluding hydrogens is 264 g/mol. The highest BCUT2D eigenvalue weighted by Gasteiger charge is 2.14. The quantitative estimate of drug-likeness (QED) is 0.912. The van der Waals surface area contributed by atoms with Crippen LogP contribution in [0.1, 0.15) is 29.4 Å². The van der Waals surface area contributed by atoms with Gasteiger partial charge < -0.3 is 10.6 Å². The van der Waals surface area contributed by atoms with E-state index in [1.54, 1.807) is 24.8 Å². The maximum atomic E-state index is 11.9. The Morgan fingerprint density at radius 2 is 2.05 bits per heavy atom. The summed E-state index contributed by atoms with van der Waals surface area (Å²) in [6.07, 6.45) is 3.54. The summed E-state index contributed by atoms with van der Waals surface area (Å²) < 4.78 is 1.74. The molecule has 0 fully saturated rings. The lowest BCUT2D eigenvalue weighted by atomic mass is 10.0. The smallest absolute Gasteiger partial charge is 0.273 e. The Labute approximate surface area is 125 Å². The van der Waals surface area contributed by atoms with Gasteiger partial charge in [0.25, 0.3) is 5.91 Å². The van der Waals surface area contributed by atoms with Crippen LogP contribution in [0.3, 0.4) is 0 Å². The zero-order chi connectivity index (χ0) is 15.4. The minimum absolute atomic E-state index is 0.100. The Bertz CT molecular complexity index is 618. The Balaban J connectivity index is 2.32. The largest absolute Gasteiger partial charge is 0.343 e. The van der Waals surface area contributed by atoms with Crippen LogP contribution in [0.5, 0.6) is 0 Å². The fraction of sp³-hybridized carbons (Fsp3) is 0.375. The van der Waals surface area contributed by atoms with E-state index in [2.05, 4.69) is 18.1 Å². The first-order chi connectivity index (χ1) is 10.0. The van der Waals surface area contributed by atoms with E-state index >= 15 is 0 Å². The van der Waals surface area contributed by atoms with Gasteiger partial charge in [0.15, 0.2) is 5.69 Å². The fourth-order valence-corrected chi connectivity index (χ4v) is 2.14. The van der Waals surface area contributed by atoms with Crippen molar-refractivity contribution in [3.8, 4) is 5.69 Å². The molecule has 1 unspecified atom stereocenters. The van der Waals surface area contributed by atoms with Crippen molar-refractivity contribution >= 4 is 5.91 Å². The number of carbonyl (C=O) groups is 1. The number of hydrogen-bond acceptors (Lipinski definition) is 3. The summed E-state index contributed by atoms with van der Waals surface area (Å²) in [5, 5.41) is 4.38. The Morgan fingerprint density at radius 3 is 2.71 bits per heavy atom. The van der Waals surface area contributed by atoms with Gasteiger partial charge in [0.1, 0.15) is 0 Å². The summed E-state index contributed by atoms with van der Waals surface area (Å²) in [5.41, 5.74) is 8.60. The highest BCUT2D eigenvalue weighted by molar-refractivity contribution is 5.91. The van der Waals surface area contributed by atoms with Crippen LogP contribution in [-0.4, -0.2) is 40.7 Å². The van der Waals surface area contributed by atoms with E-state index in [1.807, 2.05) is 24.4 Å². The Hall–Kier alpha value is -2.14. The molecule has 0 aliphatic carbocycles. The van der Waals surface area contributed by atoms with Gasteiger partial charge in [-0.1, -0.05) is 25.1 Å². The maximum absolute atomic E-state index is 11.9. The van der Waals surface area contributed by atoms with Crippen molar-refractivity contribution < 1.29 is 4.79 Å². The van der Waals surface area contributed by atoms with Crippen molar-refractivity contribution in [1.29, 1.82) is 0 Å². The van der Waals surface area contributed by atoms with Crippen molar-refractivity contribution in [2.75, 3.05) is 14.1 Å². The molecule has 0 spiro atoms. The summed E-state index contributed by atoms with van der Waals surface area (Å²) in [5.74, 6) is -0.100. The van der Waals surface area contributed by atoms with Crippen LogP contribution in [-0.2, 0) is 6.42 Å². The first-order valence-corrected chi connectivity index (χ1v) is 7.14. The van der Waals surface area contributed by atoms with Gasteiger partial charge in [-0.05, 0) is 30.5 Å². The fourth-order valence-electron chi connectivity index (χ4n) is 2.14. The van der Waals surface area contributed by atoms with Crippen LogP contribution in [0.15, 0.2) is 36.5 Å². The number of rotatable bonds is 5. The second-order valence-electron chi connectivity index (χ2n) is 5.35. The molecule has 1 atom stereocenters. The second-order valence-corrected chi connectivity index (χ2v) is 5.35.